The monoisotopic (exact) mass is 256 g/mol. The van der Waals surface area contributed by atoms with Crippen molar-refractivity contribution in [3.63, 3.8) is 0 Å². The molecule has 0 spiro atoms. The van der Waals surface area contributed by atoms with Crippen LogP contribution in [0.4, 0.5) is 0 Å². The molecule has 0 heterocycles. The maximum Gasteiger partial charge on any atom is 0.335 e. The van der Waals surface area contributed by atoms with Crippen LogP contribution in [0.15, 0.2) is 22.7 Å². The van der Waals surface area contributed by atoms with E-state index >= 15 is 0 Å². The number of carboxylic acid groups (broad SMARTS) is 1. The predicted octanol–water partition coefficient (Wildman–Crippen LogP) is 3.44. The topological polar surface area (TPSA) is 37.3 Å². The summed E-state index contributed by atoms with van der Waals surface area (Å²) in [5.74, 6) is -0.892. The number of hydrogen-bond acceptors (Lipinski definition) is 1. The SMILES string of the molecule is CC(C)(C)c1cc(Br)cc(C(=O)O)c1. The first-order valence-corrected chi connectivity index (χ1v) is 5.14. The Morgan fingerprint density at radius 1 is 1.29 bits per heavy atom. The molecule has 0 aromatic heterocycles. The molecular formula is C11H13BrO2. The smallest absolute Gasteiger partial charge is 0.335 e. The maximum absolute atomic E-state index is 10.8. The van der Waals surface area contributed by atoms with Crippen LogP contribution in [-0.2, 0) is 5.41 Å². The van der Waals surface area contributed by atoms with Gasteiger partial charge in [0.15, 0.2) is 0 Å². The lowest BCUT2D eigenvalue weighted by Crippen LogP contribution is -2.12. The molecule has 0 aliphatic carbocycles. The molecule has 0 aliphatic rings. The number of carboxylic acids is 1. The van der Waals surface area contributed by atoms with Crippen molar-refractivity contribution < 1.29 is 9.90 Å². The summed E-state index contributed by atoms with van der Waals surface area (Å²) in [7, 11) is 0. The highest BCUT2D eigenvalue weighted by Gasteiger charge is 2.16. The van der Waals surface area contributed by atoms with E-state index in [-0.39, 0.29) is 5.41 Å². The van der Waals surface area contributed by atoms with Crippen molar-refractivity contribution in [1.29, 1.82) is 0 Å². The van der Waals surface area contributed by atoms with E-state index in [1.807, 2.05) is 6.07 Å². The molecule has 1 aromatic rings. The normalized spacial score (nSPS) is 11.4. The van der Waals surface area contributed by atoms with Crippen LogP contribution in [-0.4, -0.2) is 11.1 Å². The fraction of sp³-hybridized carbons (Fsp3) is 0.364. The lowest BCUT2D eigenvalue weighted by atomic mass is 9.86. The molecule has 0 bridgehead atoms. The van der Waals surface area contributed by atoms with Crippen LogP contribution in [0.25, 0.3) is 0 Å². The second-order valence-electron chi connectivity index (χ2n) is 4.28. The van der Waals surface area contributed by atoms with Gasteiger partial charge in [-0.15, -0.1) is 0 Å². The minimum Gasteiger partial charge on any atom is -0.478 e. The molecule has 3 heteroatoms. The largest absolute Gasteiger partial charge is 0.478 e. The van der Waals surface area contributed by atoms with E-state index in [1.165, 1.54) is 0 Å². The molecule has 0 unspecified atom stereocenters. The fourth-order valence-electron chi connectivity index (χ4n) is 1.15. The van der Waals surface area contributed by atoms with Gasteiger partial charge in [-0.25, -0.2) is 4.79 Å². The van der Waals surface area contributed by atoms with Crippen LogP contribution < -0.4 is 0 Å². The van der Waals surface area contributed by atoms with E-state index in [2.05, 4.69) is 36.7 Å². The summed E-state index contributed by atoms with van der Waals surface area (Å²) >= 11 is 3.31. The Morgan fingerprint density at radius 3 is 2.29 bits per heavy atom. The molecule has 0 radical (unpaired) electrons. The molecule has 0 saturated carbocycles. The Morgan fingerprint density at radius 2 is 1.86 bits per heavy atom. The summed E-state index contributed by atoms with van der Waals surface area (Å²) in [5, 5.41) is 8.88. The lowest BCUT2D eigenvalue weighted by Gasteiger charge is -2.19. The van der Waals surface area contributed by atoms with Crippen molar-refractivity contribution in [2.75, 3.05) is 0 Å². The Bertz CT molecular complexity index is 364. The molecule has 0 aliphatic heterocycles. The first kappa shape index (κ1) is 11.2. The van der Waals surface area contributed by atoms with Crippen LogP contribution in [0.3, 0.4) is 0 Å². The summed E-state index contributed by atoms with van der Waals surface area (Å²) < 4.78 is 0.808. The third kappa shape index (κ3) is 2.58. The van der Waals surface area contributed by atoms with E-state index < -0.39 is 5.97 Å². The second-order valence-corrected chi connectivity index (χ2v) is 5.20. The Hall–Kier alpha value is -0.830. The molecule has 0 saturated heterocycles. The molecule has 0 amide bonds. The van der Waals surface area contributed by atoms with Crippen molar-refractivity contribution in [3.05, 3.63) is 33.8 Å². The van der Waals surface area contributed by atoms with E-state index in [0.717, 1.165) is 10.0 Å². The second kappa shape index (κ2) is 3.73. The molecule has 1 N–H and O–H groups in total. The summed E-state index contributed by atoms with van der Waals surface area (Å²) in [4.78, 5) is 10.8. The highest BCUT2D eigenvalue weighted by molar-refractivity contribution is 9.10. The molecule has 76 valence electrons. The zero-order valence-electron chi connectivity index (χ0n) is 8.47. The zero-order chi connectivity index (χ0) is 10.9. The molecule has 1 aromatic carbocycles. The third-order valence-electron chi connectivity index (χ3n) is 2.01. The van der Waals surface area contributed by atoms with Crippen LogP contribution >= 0.6 is 15.9 Å². The summed E-state index contributed by atoms with van der Waals surface area (Å²) in [5.41, 5.74) is 1.31. The van der Waals surface area contributed by atoms with Crippen molar-refractivity contribution in [1.82, 2.24) is 0 Å². The molecular weight excluding hydrogens is 244 g/mol. The van der Waals surface area contributed by atoms with Crippen molar-refractivity contribution >= 4 is 21.9 Å². The number of benzene rings is 1. The van der Waals surface area contributed by atoms with Gasteiger partial charge in [0.1, 0.15) is 0 Å². The van der Waals surface area contributed by atoms with Gasteiger partial charge >= 0.3 is 5.97 Å². The quantitative estimate of drug-likeness (QED) is 0.836. The Labute approximate surface area is 92.1 Å². The number of carbonyl (C=O) groups is 1. The average Bonchev–Trinajstić information content (AvgIpc) is 2.01. The van der Waals surface area contributed by atoms with Gasteiger partial charge in [-0.3, -0.25) is 0 Å². The lowest BCUT2D eigenvalue weighted by molar-refractivity contribution is 0.0696. The molecule has 14 heavy (non-hydrogen) atoms. The van der Waals surface area contributed by atoms with E-state index in [0.29, 0.717) is 5.56 Å². The highest BCUT2D eigenvalue weighted by Crippen LogP contribution is 2.26. The standard InChI is InChI=1S/C11H13BrO2/c1-11(2,3)8-4-7(10(13)14)5-9(12)6-8/h4-6H,1-3H3,(H,13,14). The van der Waals surface area contributed by atoms with Crippen molar-refractivity contribution in [3.8, 4) is 0 Å². The van der Waals surface area contributed by atoms with Gasteiger partial charge in [0.05, 0.1) is 5.56 Å². The van der Waals surface area contributed by atoms with Crippen molar-refractivity contribution in [2.24, 2.45) is 0 Å². The minimum atomic E-state index is -0.892. The Balaban J connectivity index is 3.28. The fourth-order valence-corrected chi connectivity index (χ4v) is 1.64. The molecule has 2 nitrogen and oxygen atoms in total. The Kier molecular flexibility index (Phi) is 3.00. The summed E-state index contributed by atoms with van der Waals surface area (Å²) in [6.45, 7) is 6.17. The molecule has 0 fully saturated rings. The van der Waals surface area contributed by atoms with E-state index in [1.54, 1.807) is 12.1 Å². The summed E-state index contributed by atoms with van der Waals surface area (Å²) in [6, 6.07) is 5.27. The van der Waals surface area contributed by atoms with E-state index in [9.17, 15) is 4.79 Å². The highest BCUT2D eigenvalue weighted by atomic mass is 79.9. The first-order valence-electron chi connectivity index (χ1n) is 4.35. The van der Waals surface area contributed by atoms with Gasteiger partial charge in [0, 0.05) is 4.47 Å². The van der Waals surface area contributed by atoms with Crippen LogP contribution in [0, 0.1) is 0 Å². The predicted molar refractivity (Wildman–Crippen MR) is 59.8 cm³/mol. The van der Waals surface area contributed by atoms with Gasteiger partial charge in [-0.2, -0.15) is 0 Å². The molecule has 0 atom stereocenters. The summed E-state index contributed by atoms with van der Waals surface area (Å²) in [6.07, 6.45) is 0. The van der Waals surface area contributed by atoms with Gasteiger partial charge in [0.25, 0.3) is 0 Å². The van der Waals surface area contributed by atoms with Crippen molar-refractivity contribution in [2.45, 2.75) is 26.2 Å². The van der Waals surface area contributed by atoms with E-state index in [4.69, 9.17) is 5.11 Å². The maximum atomic E-state index is 10.8. The van der Waals surface area contributed by atoms with Gasteiger partial charge < -0.3 is 5.11 Å². The van der Waals surface area contributed by atoms with Gasteiger partial charge in [0.2, 0.25) is 0 Å². The minimum absolute atomic E-state index is 0.0337. The van der Waals surface area contributed by atoms with Crippen LogP contribution in [0.2, 0.25) is 0 Å². The average molecular weight is 257 g/mol. The number of aromatic carboxylic acids is 1. The van der Waals surface area contributed by atoms with Gasteiger partial charge in [-0.1, -0.05) is 36.7 Å². The van der Waals surface area contributed by atoms with Gasteiger partial charge in [-0.05, 0) is 29.2 Å². The zero-order valence-corrected chi connectivity index (χ0v) is 10.1. The number of hydrogen-bond donors (Lipinski definition) is 1. The molecule has 1 rings (SSSR count). The third-order valence-corrected chi connectivity index (χ3v) is 2.47. The number of rotatable bonds is 1. The van der Waals surface area contributed by atoms with Crippen LogP contribution in [0.5, 0.6) is 0 Å². The number of halogens is 1. The van der Waals surface area contributed by atoms with Crippen LogP contribution in [0.1, 0.15) is 36.7 Å². The first-order chi connectivity index (χ1) is 6.30.